The van der Waals surface area contributed by atoms with Gasteiger partial charge in [0, 0.05) is 0 Å². The SMILES string of the molecule is CC(C)=CCCC(C)=CC=CC(C)=CCP(OS(=O)(=O)c1ccc(C)cc1)(c1ccccc1)(c1ccccc1)c1ccccc1. The summed E-state index contributed by atoms with van der Waals surface area (Å²) in [5.41, 5.74) is 4.64. The summed E-state index contributed by atoms with van der Waals surface area (Å²) in [4.78, 5) is 0.138. The van der Waals surface area contributed by atoms with Crippen molar-refractivity contribution in [3.05, 3.63) is 168 Å². The third kappa shape index (κ3) is 7.89. The summed E-state index contributed by atoms with van der Waals surface area (Å²) in [6, 6.07) is 36.6. The molecule has 0 fully saturated rings. The summed E-state index contributed by atoms with van der Waals surface area (Å²) in [7, 11) is -4.23. The molecule has 0 saturated heterocycles. The van der Waals surface area contributed by atoms with Gasteiger partial charge in [-0.25, -0.2) is 0 Å². The molecule has 0 saturated carbocycles. The first-order chi connectivity index (χ1) is 21.6. The quantitative estimate of drug-likeness (QED) is 0.0835. The zero-order valence-electron chi connectivity index (χ0n) is 27.1. The monoisotopic (exact) mass is 636 g/mol. The van der Waals surface area contributed by atoms with Crippen LogP contribution in [0, 0.1) is 6.92 Å². The Morgan fingerprint density at radius 3 is 1.64 bits per heavy atom. The van der Waals surface area contributed by atoms with Crippen molar-refractivity contribution in [1.82, 2.24) is 0 Å². The normalized spacial score (nSPS) is 13.8. The van der Waals surface area contributed by atoms with Crippen LogP contribution in [0.15, 0.2) is 167 Å². The van der Waals surface area contributed by atoms with Gasteiger partial charge in [0.1, 0.15) is 0 Å². The third-order valence-electron chi connectivity index (χ3n) is 8.07. The van der Waals surface area contributed by atoms with Crippen LogP contribution in [0.3, 0.4) is 0 Å². The zero-order chi connectivity index (χ0) is 32.4. The van der Waals surface area contributed by atoms with Crippen LogP contribution in [0.1, 0.15) is 46.1 Å². The molecule has 0 amide bonds. The van der Waals surface area contributed by atoms with Gasteiger partial charge < -0.3 is 0 Å². The summed E-state index contributed by atoms with van der Waals surface area (Å²) < 4.78 is 35.9. The van der Waals surface area contributed by atoms with Gasteiger partial charge in [-0.3, -0.25) is 0 Å². The van der Waals surface area contributed by atoms with E-state index >= 15 is 0 Å². The Labute approximate surface area is 270 Å². The van der Waals surface area contributed by atoms with Crippen LogP contribution in [0.4, 0.5) is 0 Å². The van der Waals surface area contributed by atoms with Crippen molar-refractivity contribution in [1.29, 1.82) is 0 Å². The molecule has 0 bridgehead atoms. The molecule has 4 aromatic carbocycles. The summed E-state index contributed by atoms with van der Waals surface area (Å²) in [5.74, 6) is 0. The van der Waals surface area contributed by atoms with Crippen LogP contribution >= 0.6 is 6.83 Å². The number of aryl methyl sites for hydroxylation is 1. The summed E-state index contributed by atoms with van der Waals surface area (Å²) >= 11 is 0. The molecule has 0 atom stereocenters. The molecule has 234 valence electrons. The van der Waals surface area contributed by atoms with Crippen molar-refractivity contribution < 1.29 is 12.4 Å². The Hall–Kier alpha value is -3.82. The molecule has 0 aliphatic rings. The van der Waals surface area contributed by atoms with E-state index in [0.29, 0.717) is 6.16 Å². The van der Waals surface area contributed by atoms with E-state index in [0.717, 1.165) is 39.9 Å². The molecular weight excluding hydrogens is 591 g/mol. The van der Waals surface area contributed by atoms with Gasteiger partial charge in [0.25, 0.3) is 0 Å². The van der Waals surface area contributed by atoms with Crippen molar-refractivity contribution >= 4 is 32.9 Å². The minimum atomic E-state index is -4.23. The molecule has 0 heterocycles. The van der Waals surface area contributed by atoms with Gasteiger partial charge in [0.05, 0.1) is 0 Å². The van der Waals surface area contributed by atoms with Crippen LogP contribution < -0.4 is 15.9 Å². The molecule has 0 aliphatic heterocycles. The fourth-order valence-electron chi connectivity index (χ4n) is 5.54. The Kier molecular flexibility index (Phi) is 11.3. The first-order valence-electron chi connectivity index (χ1n) is 15.4. The molecule has 0 radical (unpaired) electrons. The van der Waals surface area contributed by atoms with Crippen LogP contribution in [0.5, 0.6) is 0 Å². The maximum atomic E-state index is 14.5. The topological polar surface area (TPSA) is 43.4 Å². The van der Waals surface area contributed by atoms with E-state index in [-0.39, 0.29) is 4.90 Å². The van der Waals surface area contributed by atoms with Crippen LogP contribution in [-0.2, 0) is 14.1 Å². The Balaban J connectivity index is 1.95. The Bertz CT molecular complexity index is 1680. The second-order valence-electron chi connectivity index (χ2n) is 11.9. The number of benzene rings is 4. The predicted molar refractivity (Wildman–Crippen MR) is 195 cm³/mol. The number of hydrogen-bond donors (Lipinski definition) is 0. The van der Waals surface area contributed by atoms with Crippen molar-refractivity contribution in [3.8, 4) is 0 Å². The second kappa shape index (κ2) is 15.0. The Morgan fingerprint density at radius 1 is 0.689 bits per heavy atom. The number of rotatable bonds is 13. The summed E-state index contributed by atoms with van der Waals surface area (Å²) in [6.07, 6.45) is 13.1. The molecule has 0 spiro atoms. The van der Waals surface area contributed by atoms with E-state index < -0.39 is 16.9 Å². The number of hydrogen-bond acceptors (Lipinski definition) is 3. The van der Waals surface area contributed by atoms with E-state index in [2.05, 4.69) is 58.1 Å². The van der Waals surface area contributed by atoms with Gasteiger partial charge in [-0.15, -0.1) is 0 Å². The molecule has 0 unspecified atom stereocenters. The van der Waals surface area contributed by atoms with E-state index in [4.69, 9.17) is 3.97 Å². The van der Waals surface area contributed by atoms with Gasteiger partial charge in [-0.2, -0.15) is 0 Å². The van der Waals surface area contributed by atoms with E-state index in [1.165, 1.54) is 11.1 Å². The number of allylic oxidation sites excluding steroid dienone is 8. The average molecular weight is 637 g/mol. The molecule has 0 aliphatic carbocycles. The van der Waals surface area contributed by atoms with Crippen molar-refractivity contribution in [2.45, 2.75) is 52.4 Å². The first kappa shape index (κ1) is 34.1. The van der Waals surface area contributed by atoms with E-state index in [1.807, 2.05) is 110 Å². The molecule has 3 nitrogen and oxygen atoms in total. The minimum absolute atomic E-state index is 0.138. The van der Waals surface area contributed by atoms with Crippen LogP contribution in [-0.4, -0.2) is 14.6 Å². The average Bonchev–Trinajstić information content (AvgIpc) is 3.04. The van der Waals surface area contributed by atoms with Gasteiger partial charge in [-0.05, 0) is 0 Å². The third-order valence-corrected chi connectivity index (χ3v) is 16.1. The van der Waals surface area contributed by atoms with Gasteiger partial charge in [0.15, 0.2) is 0 Å². The van der Waals surface area contributed by atoms with Gasteiger partial charge in [0.2, 0.25) is 0 Å². The van der Waals surface area contributed by atoms with Gasteiger partial charge in [-0.1, -0.05) is 0 Å². The van der Waals surface area contributed by atoms with Crippen LogP contribution in [0.2, 0.25) is 0 Å². The van der Waals surface area contributed by atoms with Gasteiger partial charge >= 0.3 is 272 Å². The second-order valence-corrected chi connectivity index (χ2v) is 18.2. The van der Waals surface area contributed by atoms with E-state index in [1.54, 1.807) is 12.1 Å². The molecule has 0 N–H and O–H groups in total. The molecule has 4 aromatic rings. The van der Waals surface area contributed by atoms with E-state index in [9.17, 15) is 8.42 Å². The fraction of sp³-hybridized carbons (Fsp3) is 0.200. The fourth-order valence-corrected chi connectivity index (χ4v) is 13.9. The first-order valence-corrected chi connectivity index (χ1v) is 19.2. The van der Waals surface area contributed by atoms with Crippen molar-refractivity contribution in [2.24, 2.45) is 0 Å². The molecule has 45 heavy (non-hydrogen) atoms. The Morgan fingerprint density at radius 2 is 1.18 bits per heavy atom. The molecular formula is C40H45O3PS. The maximum absolute atomic E-state index is 14.5. The molecule has 0 aromatic heterocycles. The summed E-state index contributed by atoms with van der Waals surface area (Å²) in [5, 5.41) is 2.54. The van der Waals surface area contributed by atoms with Crippen LogP contribution in [0.25, 0.3) is 0 Å². The molecule has 5 heteroatoms. The predicted octanol–water partition coefficient (Wildman–Crippen LogP) is 9.34. The van der Waals surface area contributed by atoms with Crippen molar-refractivity contribution in [2.75, 3.05) is 6.16 Å². The molecule has 4 rings (SSSR count). The zero-order valence-corrected chi connectivity index (χ0v) is 28.8. The van der Waals surface area contributed by atoms with Crippen molar-refractivity contribution in [3.63, 3.8) is 0 Å². The standard InChI is InChI=1S/C40H45O3PS/c1-33(2)17-15-18-34(3)19-16-20-35(4)31-32-44(37-21-9-6-10-22-37,38-23-11-7-12-24-38,39-25-13-8-14-26-39)43-45(41,42)40-29-27-36(5)28-30-40/h6-14,16-17,19-31H,15,18,32H2,1-5H3. The summed E-state index contributed by atoms with van der Waals surface area (Å²) in [6.45, 7) is 6.19.